The van der Waals surface area contributed by atoms with E-state index >= 15 is 0 Å². The van der Waals surface area contributed by atoms with Crippen LogP contribution in [0.25, 0.3) is 10.9 Å². The smallest absolute Gasteiger partial charge is 0.407 e. The number of carbonyl (C=O) groups is 2. The first-order valence-electron chi connectivity index (χ1n) is 8.77. The highest BCUT2D eigenvalue weighted by molar-refractivity contribution is 7.13. The summed E-state index contributed by atoms with van der Waals surface area (Å²) in [7, 11) is 0. The molecule has 3 heterocycles. The van der Waals surface area contributed by atoms with Crippen molar-refractivity contribution in [3.63, 3.8) is 0 Å². The third-order valence-electron chi connectivity index (χ3n) is 5.12. The van der Waals surface area contributed by atoms with Gasteiger partial charge in [-0.1, -0.05) is 0 Å². The Morgan fingerprint density at radius 2 is 2.00 bits per heavy atom. The number of halogens is 1. The van der Waals surface area contributed by atoms with Crippen molar-refractivity contribution < 1.29 is 19.1 Å². The summed E-state index contributed by atoms with van der Waals surface area (Å²) in [6, 6.07) is 3.68. The zero-order valence-electron chi connectivity index (χ0n) is 15.0. The molecule has 2 N–H and O–H groups in total. The number of aromatic nitrogens is 3. The predicted octanol–water partition coefficient (Wildman–Crippen LogP) is 2.10. The van der Waals surface area contributed by atoms with Crippen LogP contribution in [0.3, 0.4) is 0 Å². The second-order valence-corrected chi connectivity index (χ2v) is 7.57. The summed E-state index contributed by atoms with van der Waals surface area (Å²) in [6.07, 6.45) is 1.84. The van der Waals surface area contributed by atoms with Crippen molar-refractivity contribution in [2.45, 2.75) is 18.4 Å². The average molecular weight is 417 g/mol. The van der Waals surface area contributed by atoms with Crippen LogP contribution >= 0.6 is 11.3 Å². The standard InChI is InChI=1S/C18H16FN5O4S/c19-11-1-2-13-12(9-11)14(25)24(10-21-13)18(3-6-23(7-4-18)17(27)28)15(26)22-16-20-5-8-29-16/h1-2,5,8-10H,3-4,6-7H2,(H,27,28)(H,20,22,26). The minimum atomic E-state index is -1.37. The van der Waals surface area contributed by atoms with Gasteiger partial charge in [-0.3, -0.25) is 19.5 Å². The van der Waals surface area contributed by atoms with Crippen LogP contribution in [0.15, 0.2) is 40.9 Å². The molecule has 0 saturated carbocycles. The first kappa shape index (κ1) is 19.0. The fourth-order valence-corrected chi connectivity index (χ4v) is 4.07. The zero-order chi connectivity index (χ0) is 20.6. The van der Waals surface area contributed by atoms with E-state index in [1.165, 1.54) is 45.5 Å². The Morgan fingerprint density at radius 1 is 1.24 bits per heavy atom. The number of carbonyl (C=O) groups excluding carboxylic acids is 1. The van der Waals surface area contributed by atoms with Crippen LogP contribution in [0.4, 0.5) is 14.3 Å². The Morgan fingerprint density at radius 3 is 2.66 bits per heavy atom. The largest absolute Gasteiger partial charge is 0.465 e. The monoisotopic (exact) mass is 417 g/mol. The summed E-state index contributed by atoms with van der Waals surface area (Å²) in [5.74, 6) is -1.08. The van der Waals surface area contributed by atoms with Gasteiger partial charge in [0.15, 0.2) is 5.13 Å². The lowest BCUT2D eigenvalue weighted by Crippen LogP contribution is -2.56. The number of rotatable bonds is 3. The van der Waals surface area contributed by atoms with Gasteiger partial charge in [-0.15, -0.1) is 11.3 Å². The lowest BCUT2D eigenvalue weighted by atomic mass is 9.86. The van der Waals surface area contributed by atoms with E-state index in [0.29, 0.717) is 10.6 Å². The molecule has 0 atom stereocenters. The number of benzene rings is 1. The Hall–Kier alpha value is -3.34. The van der Waals surface area contributed by atoms with E-state index in [0.717, 1.165) is 6.07 Å². The molecular formula is C18H16FN5O4S. The summed E-state index contributed by atoms with van der Waals surface area (Å²) in [6.45, 7) is 0.127. The van der Waals surface area contributed by atoms with Crippen molar-refractivity contribution in [2.24, 2.45) is 0 Å². The second-order valence-electron chi connectivity index (χ2n) is 6.67. The van der Waals surface area contributed by atoms with Gasteiger partial charge in [0.1, 0.15) is 11.4 Å². The molecule has 3 aromatic rings. The van der Waals surface area contributed by atoms with Crippen LogP contribution in [-0.2, 0) is 10.3 Å². The number of carboxylic acid groups (broad SMARTS) is 1. The van der Waals surface area contributed by atoms with Crippen molar-refractivity contribution in [1.29, 1.82) is 0 Å². The number of thiazole rings is 1. The Kier molecular flexibility index (Phi) is 4.74. The molecule has 2 aromatic heterocycles. The van der Waals surface area contributed by atoms with E-state index in [4.69, 9.17) is 0 Å². The highest BCUT2D eigenvalue weighted by atomic mass is 32.1. The maximum atomic E-state index is 13.7. The first-order valence-corrected chi connectivity index (χ1v) is 9.65. The van der Waals surface area contributed by atoms with Gasteiger partial charge in [0.05, 0.1) is 17.2 Å². The van der Waals surface area contributed by atoms with Crippen LogP contribution in [-0.4, -0.2) is 49.6 Å². The molecular weight excluding hydrogens is 401 g/mol. The maximum Gasteiger partial charge on any atom is 0.407 e. The van der Waals surface area contributed by atoms with E-state index in [2.05, 4.69) is 15.3 Å². The average Bonchev–Trinajstić information content (AvgIpc) is 3.21. The number of hydrogen-bond acceptors (Lipinski definition) is 6. The van der Waals surface area contributed by atoms with Crippen molar-refractivity contribution >= 4 is 39.4 Å². The van der Waals surface area contributed by atoms with Gasteiger partial charge in [-0.25, -0.2) is 19.2 Å². The van der Waals surface area contributed by atoms with Gasteiger partial charge < -0.3 is 10.0 Å². The third kappa shape index (κ3) is 3.33. The maximum absolute atomic E-state index is 13.7. The van der Waals surface area contributed by atoms with Gasteiger partial charge in [0, 0.05) is 24.7 Å². The molecule has 0 aliphatic carbocycles. The first-order chi connectivity index (χ1) is 13.9. The Bertz CT molecular complexity index is 1140. The number of fused-ring (bicyclic) bond motifs is 1. The van der Waals surface area contributed by atoms with E-state index in [-0.39, 0.29) is 31.3 Å². The normalized spacial score (nSPS) is 16.0. The number of nitrogens with zero attached hydrogens (tertiary/aromatic N) is 4. The number of nitrogens with one attached hydrogen (secondary N) is 1. The van der Waals surface area contributed by atoms with E-state index in [9.17, 15) is 23.9 Å². The number of piperidine rings is 1. The van der Waals surface area contributed by atoms with Crippen molar-refractivity contribution in [3.8, 4) is 0 Å². The molecule has 1 aliphatic heterocycles. The highest BCUT2D eigenvalue weighted by Crippen LogP contribution is 2.31. The number of likely N-dealkylation sites (tertiary alicyclic amines) is 1. The zero-order valence-corrected chi connectivity index (χ0v) is 15.9. The molecule has 29 heavy (non-hydrogen) atoms. The highest BCUT2D eigenvalue weighted by Gasteiger charge is 2.45. The van der Waals surface area contributed by atoms with Crippen LogP contribution < -0.4 is 10.9 Å². The lowest BCUT2D eigenvalue weighted by Gasteiger charge is -2.40. The second kappa shape index (κ2) is 7.24. The molecule has 150 valence electrons. The van der Waals surface area contributed by atoms with E-state index < -0.39 is 28.9 Å². The topological polar surface area (TPSA) is 117 Å². The molecule has 1 aromatic carbocycles. The van der Waals surface area contributed by atoms with Crippen LogP contribution in [0, 0.1) is 5.82 Å². The molecule has 4 rings (SSSR count). The van der Waals surface area contributed by atoms with Gasteiger partial charge in [0.2, 0.25) is 0 Å². The van der Waals surface area contributed by atoms with Crippen molar-refractivity contribution in [3.05, 3.63) is 52.3 Å². The van der Waals surface area contributed by atoms with Gasteiger partial charge in [-0.2, -0.15) is 0 Å². The van der Waals surface area contributed by atoms with Crippen molar-refractivity contribution in [2.75, 3.05) is 18.4 Å². The van der Waals surface area contributed by atoms with Crippen LogP contribution in [0.2, 0.25) is 0 Å². The molecule has 1 saturated heterocycles. The summed E-state index contributed by atoms with van der Waals surface area (Å²) >= 11 is 1.22. The third-order valence-corrected chi connectivity index (χ3v) is 5.81. The molecule has 0 spiro atoms. The number of anilines is 1. The SMILES string of the molecule is O=C(O)N1CCC(C(=O)Nc2nccs2)(n2cnc3ccc(F)cc3c2=O)CC1. The van der Waals surface area contributed by atoms with Crippen molar-refractivity contribution in [1.82, 2.24) is 19.4 Å². The van der Waals surface area contributed by atoms with Crippen LogP contribution in [0.5, 0.6) is 0 Å². The van der Waals surface area contributed by atoms with E-state index in [1.807, 2.05) is 0 Å². The molecule has 1 fully saturated rings. The molecule has 1 aliphatic rings. The minimum Gasteiger partial charge on any atom is -0.465 e. The predicted molar refractivity (Wildman–Crippen MR) is 104 cm³/mol. The fraction of sp³-hybridized carbons (Fsp3) is 0.278. The number of amides is 2. The van der Waals surface area contributed by atoms with Gasteiger partial charge in [0.25, 0.3) is 11.5 Å². The molecule has 2 amide bonds. The Balaban J connectivity index is 1.81. The summed E-state index contributed by atoms with van der Waals surface area (Å²) in [5, 5.41) is 14.1. The van der Waals surface area contributed by atoms with Gasteiger partial charge in [-0.05, 0) is 31.0 Å². The van der Waals surface area contributed by atoms with Gasteiger partial charge >= 0.3 is 6.09 Å². The number of hydrogen-bond donors (Lipinski definition) is 2. The summed E-state index contributed by atoms with van der Waals surface area (Å²) in [5.41, 5.74) is -1.62. The van der Waals surface area contributed by atoms with Crippen LogP contribution in [0.1, 0.15) is 12.8 Å². The molecule has 0 bridgehead atoms. The molecule has 0 unspecified atom stereocenters. The Labute approximate surface area is 167 Å². The minimum absolute atomic E-state index is 0.0505. The molecule has 0 radical (unpaired) electrons. The summed E-state index contributed by atoms with van der Waals surface area (Å²) < 4.78 is 14.9. The quantitative estimate of drug-likeness (QED) is 0.674. The van der Waals surface area contributed by atoms with E-state index in [1.54, 1.807) is 5.38 Å². The summed E-state index contributed by atoms with van der Waals surface area (Å²) in [4.78, 5) is 47.1. The lowest BCUT2D eigenvalue weighted by molar-refractivity contribution is -0.127. The molecule has 9 nitrogen and oxygen atoms in total. The fourth-order valence-electron chi connectivity index (χ4n) is 3.54. The molecule has 11 heteroatoms.